The van der Waals surface area contributed by atoms with Crippen molar-refractivity contribution in [1.82, 2.24) is 0 Å². The van der Waals surface area contributed by atoms with Gasteiger partial charge in [0.15, 0.2) is 0 Å². The zero-order chi connectivity index (χ0) is 20.2. The summed E-state index contributed by atoms with van der Waals surface area (Å²) < 4.78 is 0. The summed E-state index contributed by atoms with van der Waals surface area (Å²) in [5, 5.41) is 4.58. The van der Waals surface area contributed by atoms with Gasteiger partial charge in [0.25, 0.3) is 0 Å². The van der Waals surface area contributed by atoms with E-state index < -0.39 is 22.8 Å². The summed E-state index contributed by atoms with van der Waals surface area (Å²) in [4.78, 5) is 0. The molecule has 0 N–H and O–H groups in total. The maximum absolute atomic E-state index is 4.97. The molecule has 0 saturated carbocycles. The van der Waals surface area contributed by atoms with Crippen LogP contribution in [0.5, 0.6) is 0 Å². The van der Waals surface area contributed by atoms with Crippen LogP contribution in [-0.4, -0.2) is 8.07 Å². The van der Waals surface area contributed by atoms with E-state index in [0.29, 0.717) is 0 Å². The summed E-state index contributed by atoms with van der Waals surface area (Å²) in [5.74, 6) is 0. The van der Waals surface area contributed by atoms with Gasteiger partial charge in [0.1, 0.15) is 0 Å². The topological polar surface area (TPSA) is 0 Å². The van der Waals surface area contributed by atoms with Crippen LogP contribution in [0.1, 0.15) is 22.3 Å². The van der Waals surface area contributed by atoms with Crippen LogP contribution in [0.2, 0.25) is 6.55 Å². The van der Waals surface area contributed by atoms with Crippen molar-refractivity contribution in [3.8, 4) is 0 Å². The van der Waals surface area contributed by atoms with E-state index in [-0.39, 0.29) is 0 Å². The van der Waals surface area contributed by atoms with Crippen LogP contribution in [0.15, 0.2) is 60.7 Å². The Labute approximate surface area is 182 Å². The first-order valence-corrected chi connectivity index (χ1v) is 17.8. The van der Waals surface area contributed by atoms with Crippen molar-refractivity contribution in [3.05, 3.63) is 82.9 Å². The first-order chi connectivity index (χ1) is 12.7. The molecule has 0 atom stereocenters. The summed E-state index contributed by atoms with van der Waals surface area (Å²) in [7, 11) is 12.9. The third kappa shape index (κ3) is 4.96. The number of benzene rings is 2. The molecule has 0 radical (unpaired) electrons. The van der Waals surface area contributed by atoms with Crippen molar-refractivity contribution in [2.75, 3.05) is 0 Å². The third-order valence-corrected chi connectivity index (χ3v) is 10.4. The van der Waals surface area contributed by atoms with Crippen molar-refractivity contribution in [1.29, 1.82) is 0 Å². The minimum absolute atomic E-state index is 1.46. The molecule has 0 unspecified atom stereocenters. The molecule has 0 aromatic heterocycles. The molecule has 0 saturated heterocycles. The Kier molecular flexibility index (Phi) is 8.36. The van der Waals surface area contributed by atoms with Gasteiger partial charge in [-0.1, -0.05) is 105 Å². The Bertz CT molecular complexity index is 806. The van der Waals surface area contributed by atoms with Crippen LogP contribution >= 0.6 is 27.9 Å². The zero-order valence-corrected chi connectivity index (χ0v) is 21.2. The fourth-order valence-electron chi connectivity index (χ4n) is 3.97. The molecule has 0 fully saturated rings. The Morgan fingerprint density at radius 3 is 1.26 bits per heavy atom. The number of halogens is 3. The van der Waals surface area contributed by atoms with Gasteiger partial charge in [-0.3, -0.25) is 0 Å². The third-order valence-electron chi connectivity index (χ3n) is 5.64. The fourth-order valence-corrected chi connectivity index (χ4v) is 8.47. The molecular formula is C22H25Cl3SiTi. The second kappa shape index (κ2) is 9.87. The van der Waals surface area contributed by atoms with Crippen LogP contribution in [-0.2, 0) is 14.7 Å². The molecule has 3 aromatic carbocycles. The van der Waals surface area contributed by atoms with Gasteiger partial charge in [-0.2, -0.15) is 22.3 Å². The van der Waals surface area contributed by atoms with Gasteiger partial charge in [-0.25, -0.2) is 0 Å². The Hall–Kier alpha value is -0.409. The van der Waals surface area contributed by atoms with E-state index >= 15 is 0 Å². The second-order valence-corrected chi connectivity index (χ2v) is 18.6. The fraction of sp³-hybridized carbons (Fsp3) is 0.227. The average Bonchev–Trinajstić information content (AvgIpc) is 2.85. The van der Waals surface area contributed by atoms with E-state index in [1.165, 1.54) is 32.6 Å². The average molecular weight is 472 g/mol. The molecule has 0 bridgehead atoms. The molecular weight excluding hydrogens is 447 g/mol. The molecule has 0 aliphatic rings. The van der Waals surface area contributed by atoms with Crippen LogP contribution in [0.25, 0.3) is 0 Å². The van der Waals surface area contributed by atoms with Crippen molar-refractivity contribution < 1.29 is 14.7 Å². The van der Waals surface area contributed by atoms with Gasteiger partial charge in [0.05, 0.1) is 8.07 Å². The molecule has 0 nitrogen and oxygen atoms in total. The second-order valence-electron chi connectivity index (χ2n) is 6.95. The van der Waals surface area contributed by atoms with Gasteiger partial charge < -0.3 is 0 Å². The standard InChI is InChI=1S/C22H25Si.3ClH.Ti/c1-16-17(2)19(4)22(18(16)3)23(5,20-12-8-6-9-13-20)21-14-10-7-11-15-21;;;;/h6-15H,1-5H3;3*1H;/q-1;;;;+4/p-3. The predicted molar refractivity (Wildman–Crippen MR) is 122 cm³/mol. The molecule has 0 amide bonds. The quantitative estimate of drug-likeness (QED) is 0.334. The summed E-state index contributed by atoms with van der Waals surface area (Å²) in [6.45, 7) is 11.7. The van der Waals surface area contributed by atoms with Gasteiger partial charge in [0.2, 0.25) is 0 Å². The minimum atomic E-state index is -1.98. The molecule has 27 heavy (non-hydrogen) atoms. The predicted octanol–water partition coefficient (Wildman–Crippen LogP) is 5.81. The Morgan fingerprint density at radius 2 is 0.963 bits per heavy atom. The van der Waals surface area contributed by atoms with E-state index in [2.05, 4.69) is 94.9 Å². The Morgan fingerprint density at radius 1 is 0.667 bits per heavy atom. The molecule has 142 valence electrons. The Balaban J connectivity index is 0.000000596. The maximum atomic E-state index is 4.97. The zero-order valence-electron chi connectivity index (χ0n) is 16.4. The van der Waals surface area contributed by atoms with E-state index in [4.69, 9.17) is 27.9 Å². The van der Waals surface area contributed by atoms with Crippen molar-refractivity contribution in [3.63, 3.8) is 0 Å². The monoisotopic (exact) mass is 470 g/mol. The van der Waals surface area contributed by atoms with E-state index in [0.717, 1.165) is 0 Å². The first-order valence-electron chi connectivity index (χ1n) is 8.89. The summed E-state index contributed by atoms with van der Waals surface area (Å²) >= 11 is -1.92. The van der Waals surface area contributed by atoms with E-state index in [1.54, 1.807) is 5.19 Å². The number of hydrogen-bond acceptors (Lipinski definition) is 0. The normalized spacial score (nSPS) is 11.0. The molecule has 3 aromatic rings. The van der Waals surface area contributed by atoms with E-state index in [1.807, 2.05) is 0 Å². The van der Waals surface area contributed by atoms with Crippen LogP contribution in [0.4, 0.5) is 0 Å². The van der Waals surface area contributed by atoms with Crippen LogP contribution in [0, 0.1) is 27.7 Å². The molecule has 0 aliphatic carbocycles. The van der Waals surface area contributed by atoms with Crippen molar-refractivity contribution in [2.45, 2.75) is 34.2 Å². The van der Waals surface area contributed by atoms with Crippen LogP contribution in [0.3, 0.4) is 0 Å². The summed E-state index contributed by atoms with van der Waals surface area (Å²) in [5.41, 5.74) is 5.90. The van der Waals surface area contributed by atoms with Crippen molar-refractivity contribution in [2.24, 2.45) is 0 Å². The van der Waals surface area contributed by atoms with Crippen LogP contribution < -0.4 is 15.6 Å². The molecule has 3 rings (SSSR count). The van der Waals surface area contributed by atoms with Gasteiger partial charge >= 0.3 is 42.6 Å². The molecule has 0 heterocycles. The summed E-state index contributed by atoms with van der Waals surface area (Å²) in [6.07, 6.45) is 0. The molecule has 5 heteroatoms. The molecule has 0 aliphatic heterocycles. The van der Waals surface area contributed by atoms with Gasteiger partial charge in [-0.05, 0) is 0 Å². The van der Waals surface area contributed by atoms with Gasteiger partial charge in [-0.15, -0.1) is 5.19 Å². The number of rotatable bonds is 3. The van der Waals surface area contributed by atoms with Gasteiger partial charge in [0, 0.05) is 0 Å². The first kappa shape index (κ1) is 22.9. The number of hydrogen-bond donors (Lipinski definition) is 0. The summed E-state index contributed by atoms with van der Waals surface area (Å²) in [6, 6.07) is 22.2. The SMILES string of the molecule is Cc1c(C)c(C)[c-]([Si](C)(c2ccccc2)c2ccccc2)c1C.[Cl][Ti+]([Cl])[Cl]. The van der Waals surface area contributed by atoms with Crippen molar-refractivity contribution >= 4 is 51.5 Å². The molecule has 0 spiro atoms. The van der Waals surface area contributed by atoms with E-state index in [9.17, 15) is 0 Å².